The van der Waals surface area contributed by atoms with E-state index in [2.05, 4.69) is 13.8 Å². The van der Waals surface area contributed by atoms with E-state index in [9.17, 15) is 0 Å². The van der Waals surface area contributed by atoms with Crippen molar-refractivity contribution < 1.29 is 0 Å². The molecule has 0 spiro atoms. The zero-order valence-electron chi connectivity index (χ0n) is 3.41. The standard InChI is InChI=1S/C4H10.Sn.4H/c1-3-4-2;;;;;/h3-4H2,1-2H3;;;;;. The monoisotopic (exact) mass is 182 g/mol. The van der Waals surface area contributed by atoms with Crippen molar-refractivity contribution in [3.8, 4) is 0 Å². The van der Waals surface area contributed by atoms with Gasteiger partial charge in [0.15, 0.2) is 0 Å². The Hall–Kier alpha value is 0.799. The molecule has 0 aliphatic rings. The van der Waals surface area contributed by atoms with Gasteiger partial charge < -0.3 is 0 Å². The van der Waals surface area contributed by atoms with E-state index in [1.54, 1.807) is 0 Å². The molecule has 0 atom stereocenters. The summed E-state index contributed by atoms with van der Waals surface area (Å²) in [6, 6.07) is 0. The van der Waals surface area contributed by atoms with E-state index < -0.39 is 0 Å². The third-order valence-corrected chi connectivity index (χ3v) is 0.500. The van der Waals surface area contributed by atoms with Gasteiger partial charge in [-0.15, -0.1) is 0 Å². The molecule has 0 aromatic rings. The van der Waals surface area contributed by atoms with Gasteiger partial charge in [-0.3, -0.25) is 0 Å². The van der Waals surface area contributed by atoms with Crippen LogP contribution < -0.4 is 0 Å². The fraction of sp³-hybridized carbons (Fsp3) is 1.00. The van der Waals surface area contributed by atoms with Crippen LogP contribution in [0.15, 0.2) is 0 Å². The minimum atomic E-state index is 0. The number of rotatable bonds is 1. The first-order valence-electron chi connectivity index (χ1n) is 1.91. The minimum absolute atomic E-state index is 0. The van der Waals surface area contributed by atoms with E-state index in [0.29, 0.717) is 0 Å². The Kier molecular flexibility index (Phi) is 16.4. The topological polar surface area (TPSA) is 0 Å². The summed E-state index contributed by atoms with van der Waals surface area (Å²) < 4.78 is 0. The van der Waals surface area contributed by atoms with Crippen LogP contribution in [-0.2, 0) is 0 Å². The molecule has 0 aromatic heterocycles. The van der Waals surface area contributed by atoms with Crippen molar-refractivity contribution in [2.24, 2.45) is 0 Å². The molecule has 0 aliphatic carbocycles. The van der Waals surface area contributed by atoms with Crippen LogP contribution in [0, 0.1) is 0 Å². The molecule has 0 nitrogen and oxygen atoms in total. The molecule has 0 saturated heterocycles. The quantitative estimate of drug-likeness (QED) is 0.512. The molecule has 0 amide bonds. The molecule has 0 unspecified atom stereocenters. The Morgan fingerprint density at radius 2 is 1.20 bits per heavy atom. The van der Waals surface area contributed by atoms with Gasteiger partial charge >= 0.3 is 23.9 Å². The van der Waals surface area contributed by atoms with Gasteiger partial charge in [0.1, 0.15) is 0 Å². The molecular weight excluding hydrogens is 167 g/mol. The zero-order valence-corrected chi connectivity index (χ0v) is 3.41. The van der Waals surface area contributed by atoms with Gasteiger partial charge in [0.2, 0.25) is 0 Å². The van der Waals surface area contributed by atoms with Crippen LogP contribution in [0.1, 0.15) is 26.7 Å². The van der Waals surface area contributed by atoms with Crippen molar-refractivity contribution in [1.82, 2.24) is 0 Å². The van der Waals surface area contributed by atoms with Gasteiger partial charge in [0.05, 0.1) is 0 Å². The molecule has 0 fully saturated rings. The maximum atomic E-state index is 2.18. The van der Waals surface area contributed by atoms with Crippen LogP contribution in [0.25, 0.3) is 0 Å². The molecule has 0 saturated carbocycles. The fourth-order valence-corrected chi connectivity index (χ4v) is 0. The van der Waals surface area contributed by atoms with E-state index in [1.807, 2.05) is 0 Å². The van der Waals surface area contributed by atoms with E-state index >= 15 is 0 Å². The first-order chi connectivity index (χ1) is 1.91. The van der Waals surface area contributed by atoms with E-state index in [1.165, 1.54) is 12.8 Å². The van der Waals surface area contributed by atoms with Gasteiger partial charge in [0.25, 0.3) is 0 Å². The van der Waals surface area contributed by atoms with Crippen molar-refractivity contribution in [2.45, 2.75) is 26.7 Å². The van der Waals surface area contributed by atoms with Crippen LogP contribution in [-0.4, -0.2) is 23.9 Å². The van der Waals surface area contributed by atoms with Crippen LogP contribution in [0.4, 0.5) is 0 Å². The summed E-state index contributed by atoms with van der Waals surface area (Å²) in [4.78, 5) is 0. The Balaban J connectivity index is 0. The second kappa shape index (κ2) is 8.84. The number of hydrogen-bond donors (Lipinski definition) is 0. The van der Waals surface area contributed by atoms with Gasteiger partial charge in [-0.25, -0.2) is 0 Å². The average Bonchev–Trinajstić information content (AvgIpc) is 1.37. The van der Waals surface area contributed by atoms with Crippen LogP contribution in [0.3, 0.4) is 0 Å². The Morgan fingerprint density at radius 3 is 1.20 bits per heavy atom. The molecule has 0 N–H and O–H groups in total. The molecule has 0 aromatic carbocycles. The molecule has 0 bridgehead atoms. The number of hydrogen-bond acceptors (Lipinski definition) is 0. The van der Waals surface area contributed by atoms with Gasteiger partial charge in [-0.05, 0) is 0 Å². The fourth-order valence-electron chi connectivity index (χ4n) is 0. The molecule has 5 heavy (non-hydrogen) atoms. The SMILES string of the molecule is CCCC.[SnH4]. The summed E-state index contributed by atoms with van der Waals surface area (Å²) in [5, 5.41) is 0. The summed E-state index contributed by atoms with van der Waals surface area (Å²) in [5.41, 5.74) is 0. The summed E-state index contributed by atoms with van der Waals surface area (Å²) in [6.07, 6.45) is 2.64. The maximum absolute atomic E-state index is 2.18. The molecule has 0 heterocycles. The van der Waals surface area contributed by atoms with E-state index in [4.69, 9.17) is 0 Å². The normalized spacial score (nSPS) is 6.00. The number of unbranched alkanes of at least 4 members (excludes halogenated alkanes) is 1. The predicted octanol–water partition coefficient (Wildman–Crippen LogP) is 0.355. The molecule has 0 rings (SSSR count). The van der Waals surface area contributed by atoms with E-state index in [0.717, 1.165) is 0 Å². The van der Waals surface area contributed by atoms with E-state index in [-0.39, 0.29) is 23.9 Å². The second-order valence-corrected chi connectivity index (χ2v) is 1.000. The Labute approximate surface area is 50.9 Å². The molecule has 0 aliphatic heterocycles. The average molecular weight is 181 g/mol. The third kappa shape index (κ3) is 11.6. The van der Waals surface area contributed by atoms with Crippen LogP contribution in [0.5, 0.6) is 0 Å². The molecular formula is C4H14Sn. The summed E-state index contributed by atoms with van der Waals surface area (Å²) >= 11 is 0. The Morgan fingerprint density at radius 1 is 1.00 bits per heavy atom. The summed E-state index contributed by atoms with van der Waals surface area (Å²) in [7, 11) is 0. The molecule has 34 valence electrons. The summed E-state index contributed by atoms with van der Waals surface area (Å²) in [6.45, 7) is 4.36. The Bertz CT molecular complexity index is 5.61. The van der Waals surface area contributed by atoms with Crippen molar-refractivity contribution in [2.75, 3.05) is 0 Å². The molecule has 0 radical (unpaired) electrons. The predicted molar refractivity (Wildman–Crippen MR) is 31.9 cm³/mol. The van der Waals surface area contributed by atoms with Crippen LogP contribution in [0.2, 0.25) is 0 Å². The second-order valence-electron chi connectivity index (χ2n) is 1.000. The molecule has 1 heteroatoms. The van der Waals surface area contributed by atoms with Crippen molar-refractivity contribution in [3.63, 3.8) is 0 Å². The van der Waals surface area contributed by atoms with Crippen molar-refractivity contribution in [3.05, 3.63) is 0 Å². The first kappa shape index (κ1) is 9.25. The van der Waals surface area contributed by atoms with Crippen LogP contribution >= 0.6 is 0 Å². The van der Waals surface area contributed by atoms with Gasteiger partial charge in [-0.2, -0.15) is 0 Å². The van der Waals surface area contributed by atoms with Crippen molar-refractivity contribution in [1.29, 1.82) is 0 Å². The van der Waals surface area contributed by atoms with Gasteiger partial charge in [-0.1, -0.05) is 26.7 Å². The van der Waals surface area contributed by atoms with Crippen molar-refractivity contribution >= 4 is 23.9 Å². The third-order valence-electron chi connectivity index (χ3n) is 0.500. The van der Waals surface area contributed by atoms with Gasteiger partial charge in [0, 0.05) is 0 Å². The first-order valence-corrected chi connectivity index (χ1v) is 1.91. The zero-order chi connectivity index (χ0) is 3.41. The summed E-state index contributed by atoms with van der Waals surface area (Å²) in [5.74, 6) is 0.